The van der Waals surface area contributed by atoms with Gasteiger partial charge in [0.15, 0.2) is 0 Å². The maximum absolute atomic E-state index is 10.4. The van der Waals surface area contributed by atoms with E-state index in [9.17, 15) is 5.11 Å². The van der Waals surface area contributed by atoms with Crippen LogP contribution >= 0.6 is 0 Å². The van der Waals surface area contributed by atoms with Crippen molar-refractivity contribution in [3.63, 3.8) is 0 Å². The Bertz CT molecular complexity index is 218. The van der Waals surface area contributed by atoms with Crippen molar-refractivity contribution in [2.75, 3.05) is 26.9 Å². The molecule has 0 aliphatic carbocycles. The zero-order valence-corrected chi connectivity index (χ0v) is 9.37. The van der Waals surface area contributed by atoms with E-state index in [1.165, 1.54) is 0 Å². The molecule has 1 atom stereocenters. The molecule has 0 amide bonds. The Morgan fingerprint density at radius 2 is 2.47 bits per heavy atom. The van der Waals surface area contributed by atoms with Crippen LogP contribution in [0.3, 0.4) is 0 Å². The normalized spacial score (nSPS) is 20.3. The summed E-state index contributed by atoms with van der Waals surface area (Å²) >= 11 is 0. The number of aliphatic hydroxyl groups is 1. The first-order chi connectivity index (χ1) is 7.23. The highest BCUT2D eigenvalue weighted by atomic mass is 16.5. The minimum Gasteiger partial charge on any atom is -0.501 e. The number of nitrogens with two attached hydrogens (primary N) is 1. The molecule has 0 saturated carbocycles. The van der Waals surface area contributed by atoms with E-state index in [0.29, 0.717) is 19.6 Å². The molecule has 4 nitrogen and oxygen atoms in total. The van der Waals surface area contributed by atoms with Crippen molar-refractivity contribution >= 4 is 0 Å². The number of rotatable bonds is 6. The van der Waals surface area contributed by atoms with Crippen molar-refractivity contribution in [3.8, 4) is 0 Å². The molecule has 3 N–H and O–H groups in total. The highest BCUT2D eigenvalue weighted by Gasteiger charge is 2.32. The molecular weight excluding hydrogens is 194 g/mol. The van der Waals surface area contributed by atoms with E-state index in [0.717, 1.165) is 31.4 Å². The van der Waals surface area contributed by atoms with Crippen LogP contribution < -0.4 is 5.73 Å². The lowest BCUT2D eigenvalue weighted by atomic mass is 9.87. The maximum atomic E-state index is 10.4. The Kier molecular flexibility index (Phi) is 5.08. The lowest BCUT2D eigenvalue weighted by Gasteiger charge is -2.31. The second kappa shape index (κ2) is 6.10. The summed E-state index contributed by atoms with van der Waals surface area (Å²) in [6.45, 7) is 1.63. The summed E-state index contributed by atoms with van der Waals surface area (Å²) in [5.41, 5.74) is 5.50. The molecule has 0 aromatic heterocycles. The van der Waals surface area contributed by atoms with Gasteiger partial charge in [0.05, 0.1) is 19.5 Å². The van der Waals surface area contributed by atoms with Crippen LogP contribution in [0, 0.1) is 0 Å². The molecule has 15 heavy (non-hydrogen) atoms. The predicted molar refractivity (Wildman–Crippen MR) is 58.4 cm³/mol. The second-order valence-electron chi connectivity index (χ2n) is 3.97. The van der Waals surface area contributed by atoms with Gasteiger partial charge >= 0.3 is 0 Å². The average Bonchev–Trinajstić information content (AvgIpc) is 2.28. The Morgan fingerprint density at radius 3 is 3.00 bits per heavy atom. The lowest BCUT2D eigenvalue weighted by molar-refractivity contribution is -0.0173. The van der Waals surface area contributed by atoms with Gasteiger partial charge in [-0.2, -0.15) is 0 Å². The van der Waals surface area contributed by atoms with Gasteiger partial charge in [0.25, 0.3) is 0 Å². The molecule has 1 aliphatic rings. The summed E-state index contributed by atoms with van der Waals surface area (Å²) in [4.78, 5) is 0. The lowest BCUT2D eigenvalue weighted by Crippen LogP contribution is -2.38. The fourth-order valence-electron chi connectivity index (χ4n) is 1.87. The number of hydrogen-bond donors (Lipinski definition) is 2. The first-order valence-electron chi connectivity index (χ1n) is 5.45. The second-order valence-corrected chi connectivity index (χ2v) is 3.97. The molecule has 0 spiro atoms. The van der Waals surface area contributed by atoms with Gasteiger partial charge in [-0.05, 0) is 37.8 Å². The van der Waals surface area contributed by atoms with Crippen LogP contribution in [0.4, 0.5) is 0 Å². The number of ether oxygens (including phenoxy) is 2. The third-order valence-electron chi connectivity index (χ3n) is 2.71. The van der Waals surface area contributed by atoms with E-state index in [2.05, 4.69) is 0 Å². The Hall–Kier alpha value is -0.580. The first kappa shape index (κ1) is 12.5. The molecule has 4 heteroatoms. The van der Waals surface area contributed by atoms with Crippen LogP contribution in [-0.4, -0.2) is 37.6 Å². The third-order valence-corrected chi connectivity index (χ3v) is 2.71. The summed E-state index contributed by atoms with van der Waals surface area (Å²) in [6, 6.07) is 0. The van der Waals surface area contributed by atoms with Crippen LogP contribution in [0.1, 0.15) is 25.7 Å². The van der Waals surface area contributed by atoms with Gasteiger partial charge in [-0.15, -0.1) is 0 Å². The molecule has 0 radical (unpaired) electrons. The van der Waals surface area contributed by atoms with Crippen LogP contribution in [0.25, 0.3) is 0 Å². The molecule has 1 aliphatic heterocycles. The van der Waals surface area contributed by atoms with Crippen LogP contribution in [0.2, 0.25) is 0 Å². The van der Waals surface area contributed by atoms with Gasteiger partial charge in [-0.1, -0.05) is 0 Å². The highest BCUT2D eigenvalue weighted by Crippen LogP contribution is 2.29. The molecule has 0 aromatic carbocycles. The fraction of sp³-hybridized carbons (Fsp3) is 0.818. The van der Waals surface area contributed by atoms with Crippen molar-refractivity contribution < 1.29 is 14.6 Å². The third kappa shape index (κ3) is 3.48. The average molecular weight is 215 g/mol. The zero-order chi connectivity index (χ0) is 11.1. The van der Waals surface area contributed by atoms with E-state index in [4.69, 9.17) is 15.2 Å². The minimum absolute atomic E-state index is 0.308. The minimum atomic E-state index is -0.894. The Morgan fingerprint density at radius 1 is 1.67 bits per heavy atom. The molecule has 1 rings (SSSR count). The first-order valence-corrected chi connectivity index (χ1v) is 5.45. The Balaban J connectivity index is 2.64. The fourth-order valence-corrected chi connectivity index (χ4v) is 1.87. The van der Waals surface area contributed by atoms with Gasteiger partial charge < -0.3 is 20.3 Å². The number of hydrogen-bond acceptors (Lipinski definition) is 4. The van der Waals surface area contributed by atoms with Crippen molar-refractivity contribution in [3.05, 3.63) is 11.8 Å². The molecule has 1 unspecified atom stereocenters. The zero-order valence-electron chi connectivity index (χ0n) is 9.37. The topological polar surface area (TPSA) is 64.7 Å². The van der Waals surface area contributed by atoms with Gasteiger partial charge in [-0.25, -0.2) is 0 Å². The molecule has 0 fully saturated rings. The van der Waals surface area contributed by atoms with Crippen molar-refractivity contribution in [1.29, 1.82) is 0 Å². The van der Waals surface area contributed by atoms with E-state index in [-0.39, 0.29) is 0 Å². The predicted octanol–water partition coefficient (Wildman–Crippen LogP) is 0.797. The van der Waals surface area contributed by atoms with Crippen molar-refractivity contribution in [2.24, 2.45) is 5.73 Å². The van der Waals surface area contributed by atoms with E-state index >= 15 is 0 Å². The molecular formula is C11H21NO3. The van der Waals surface area contributed by atoms with Gasteiger partial charge in [0, 0.05) is 7.11 Å². The van der Waals surface area contributed by atoms with Crippen LogP contribution in [0.15, 0.2) is 11.8 Å². The van der Waals surface area contributed by atoms with E-state index in [1.54, 1.807) is 13.4 Å². The summed E-state index contributed by atoms with van der Waals surface area (Å²) in [5.74, 6) is 0. The summed E-state index contributed by atoms with van der Waals surface area (Å²) in [6.07, 6.45) is 4.94. The SMILES string of the molecule is COCC(O)(CCCN)C1=COCCC1. The molecule has 0 bridgehead atoms. The van der Waals surface area contributed by atoms with Gasteiger partial charge in [-0.3, -0.25) is 0 Å². The largest absolute Gasteiger partial charge is 0.501 e. The molecule has 0 saturated heterocycles. The molecule has 1 heterocycles. The standard InChI is InChI=1S/C11H21NO3/c1-14-9-11(13,5-3-6-12)10-4-2-7-15-8-10/h8,13H,2-7,9,12H2,1H3. The monoisotopic (exact) mass is 215 g/mol. The number of methoxy groups -OCH3 is 1. The van der Waals surface area contributed by atoms with E-state index in [1.807, 2.05) is 0 Å². The summed E-state index contributed by atoms with van der Waals surface area (Å²) in [7, 11) is 1.59. The summed E-state index contributed by atoms with van der Waals surface area (Å²) < 4.78 is 10.3. The van der Waals surface area contributed by atoms with Crippen LogP contribution in [-0.2, 0) is 9.47 Å². The smallest absolute Gasteiger partial charge is 0.112 e. The Labute approximate surface area is 91.1 Å². The molecule has 88 valence electrons. The quantitative estimate of drug-likeness (QED) is 0.687. The van der Waals surface area contributed by atoms with Crippen molar-refractivity contribution in [2.45, 2.75) is 31.3 Å². The molecule has 0 aromatic rings. The van der Waals surface area contributed by atoms with E-state index < -0.39 is 5.60 Å². The van der Waals surface area contributed by atoms with Gasteiger partial charge in [0.2, 0.25) is 0 Å². The maximum Gasteiger partial charge on any atom is 0.112 e. The van der Waals surface area contributed by atoms with Crippen LogP contribution in [0.5, 0.6) is 0 Å². The highest BCUT2D eigenvalue weighted by molar-refractivity contribution is 5.16. The van der Waals surface area contributed by atoms with Gasteiger partial charge in [0.1, 0.15) is 5.60 Å². The van der Waals surface area contributed by atoms with Crippen molar-refractivity contribution in [1.82, 2.24) is 0 Å². The summed E-state index contributed by atoms with van der Waals surface area (Å²) in [5, 5.41) is 10.4.